The fourth-order valence-corrected chi connectivity index (χ4v) is 3.48. The van der Waals surface area contributed by atoms with Gasteiger partial charge in [-0.3, -0.25) is 4.79 Å². The minimum absolute atomic E-state index is 0. The summed E-state index contributed by atoms with van der Waals surface area (Å²) in [6, 6.07) is 10.8. The molecule has 0 aliphatic carbocycles. The van der Waals surface area contributed by atoms with Gasteiger partial charge >= 0.3 is 0 Å². The quantitative estimate of drug-likeness (QED) is 0.816. The predicted molar refractivity (Wildman–Crippen MR) is 92.2 cm³/mol. The van der Waals surface area contributed by atoms with Crippen molar-refractivity contribution in [3.05, 3.63) is 30.3 Å². The molecule has 0 saturated carbocycles. The lowest BCUT2D eigenvalue weighted by molar-refractivity contribution is -0.126. The second-order valence-corrected chi connectivity index (χ2v) is 7.07. The van der Waals surface area contributed by atoms with Gasteiger partial charge in [-0.1, -0.05) is 25.1 Å². The fourth-order valence-electron chi connectivity index (χ4n) is 2.53. The number of halogens is 1. The molecule has 1 heterocycles. The van der Waals surface area contributed by atoms with Crippen LogP contribution in [0.15, 0.2) is 35.2 Å². The zero-order valence-corrected chi connectivity index (χ0v) is 14.3. The van der Waals surface area contributed by atoms with Crippen molar-refractivity contribution in [1.29, 1.82) is 0 Å². The molecule has 21 heavy (non-hydrogen) atoms. The van der Waals surface area contributed by atoms with Crippen LogP contribution in [0.25, 0.3) is 0 Å². The number of carbonyl (C=O) groups is 1. The Morgan fingerprint density at radius 3 is 2.81 bits per heavy atom. The number of piperidine rings is 1. The van der Waals surface area contributed by atoms with Gasteiger partial charge in [-0.2, -0.15) is 0 Å². The van der Waals surface area contributed by atoms with Crippen LogP contribution in [0.2, 0.25) is 0 Å². The Balaban J connectivity index is 0.00000220. The monoisotopic (exact) mass is 328 g/mol. The van der Waals surface area contributed by atoms with Gasteiger partial charge in [0.25, 0.3) is 0 Å². The van der Waals surface area contributed by atoms with E-state index >= 15 is 0 Å². The number of rotatable bonds is 5. The molecule has 118 valence electrons. The van der Waals surface area contributed by atoms with E-state index in [2.05, 4.69) is 36.6 Å². The minimum atomic E-state index is 0. The van der Waals surface area contributed by atoms with Crippen molar-refractivity contribution in [2.45, 2.75) is 42.9 Å². The number of hydrogen-bond acceptors (Lipinski definition) is 3. The Kier molecular flexibility index (Phi) is 8.15. The van der Waals surface area contributed by atoms with E-state index in [9.17, 15) is 4.79 Å². The predicted octanol–water partition coefficient (Wildman–Crippen LogP) is 3.09. The van der Waals surface area contributed by atoms with E-state index in [-0.39, 0.29) is 24.2 Å². The van der Waals surface area contributed by atoms with Crippen molar-refractivity contribution in [3.8, 4) is 0 Å². The number of benzene rings is 1. The largest absolute Gasteiger partial charge is 0.355 e. The average molecular weight is 329 g/mol. The van der Waals surface area contributed by atoms with Gasteiger partial charge in [-0.25, -0.2) is 0 Å². The van der Waals surface area contributed by atoms with Gasteiger partial charge in [-0.05, 0) is 38.4 Å². The van der Waals surface area contributed by atoms with E-state index in [4.69, 9.17) is 0 Å². The van der Waals surface area contributed by atoms with Gasteiger partial charge in [0.15, 0.2) is 0 Å². The highest BCUT2D eigenvalue weighted by molar-refractivity contribution is 8.00. The van der Waals surface area contributed by atoms with E-state index in [0.29, 0.717) is 11.3 Å². The van der Waals surface area contributed by atoms with Crippen LogP contribution in [-0.2, 0) is 4.79 Å². The molecule has 1 amide bonds. The van der Waals surface area contributed by atoms with Crippen LogP contribution in [0.1, 0.15) is 26.7 Å². The molecule has 0 radical (unpaired) electrons. The summed E-state index contributed by atoms with van der Waals surface area (Å²) in [6.07, 6.45) is 1.91. The first kappa shape index (κ1) is 18.3. The summed E-state index contributed by atoms with van der Waals surface area (Å²) in [5, 5.41) is 6.87. The van der Waals surface area contributed by atoms with Crippen molar-refractivity contribution in [3.63, 3.8) is 0 Å². The summed E-state index contributed by atoms with van der Waals surface area (Å²) in [7, 11) is 0. The molecule has 1 fully saturated rings. The van der Waals surface area contributed by atoms with E-state index < -0.39 is 0 Å². The molecule has 1 saturated heterocycles. The highest BCUT2D eigenvalue weighted by Gasteiger charge is 2.24. The second-order valence-electron chi connectivity index (χ2n) is 5.56. The molecule has 1 unspecified atom stereocenters. The first-order valence-corrected chi connectivity index (χ1v) is 8.26. The molecule has 1 aliphatic rings. The van der Waals surface area contributed by atoms with Crippen molar-refractivity contribution >= 4 is 30.1 Å². The first-order chi connectivity index (χ1) is 9.65. The third-order valence-electron chi connectivity index (χ3n) is 3.64. The lowest BCUT2D eigenvalue weighted by Gasteiger charge is -2.27. The molecular formula is C16H25ClN2OS. The van der Waals surface area contributed by atoms with Crippen LogP contribution in [-0.4, -0.2) is 30.3 Å². The van der Waals surface area contributed by atoms with Crippen LogP contribution >= 0.6 is 24.2 Å². The maximum Gasteiger partial charge on any atom is 0.223 e. The van der Waals surface area contributed by atoms with Crippen LogP contribution in [0.4, 0.5) is 0 Å². The molecule has 0 spiro atoms. The Morgan fingerprint density at radius 1 is 1.43 bits per heavy atom. The standard InChI is InChI=1S/C16H24N2OS.ClH/c1-12-10-14(8-9-17-12)16(19)18-11-13(2)20-15-6-4-3-5-7-15;/h3-7,12-14,17H,8-11H2,1-2H3,(H,18,19);1H/t12-,13?,14-;/m0./s1. The molecule has 1 aliphatic heterocycles. The topological polar surface area (TPSA) is 41.1 Å². The SMILES string of the molecule is CC(CNC(=O)[C@H]1CCN[C@@H](C)C1)Sc1ccccc1.Cl. The third-order valence-corrected chi connectivity index (χ3v) is 4.75. The van der Waals surface area contributed by atoms with Crippen molar-refractivity contribution in [2.24, 2.45) is 5.92 Å². The summed E-state index contributed by atoms with van der Waals surface area (Å²) in [6.45, 7) is 5.99. The van der Waals surface area contributed by atoms with Crippen molar-refractivity contribution in [1.82, 2.24) is 10.6 Å². The van der Waals surface area contributed by atoms with E-state index in [1.165, 1.54) is 4.90 Å². The fraction of sp³-hybridized carbons (Fsp3) is 0.562. The van der Waals surface area contributed by atoms with E-state index in [0.717, 1.165) is 25.9 Å². The summed E-state index contributed by atoms with van der Waals surface area (Å²) < 4.78 is 0. The zero-order valence-electron chi connectivity index (χ0n) is 12.7. The van der Waals surface area contributed by atoms with Gasteiger partial charge in [0.2, 0.25) is 5.91 Å². The highest BCUT2D eigenvalue weighted by Crippen LogP contribution is 2.22. The van der Waals surface area contributed by atoms with Gasteiger partial charge in [-0.15, -0.1) is 24.2 Å². The van der Waals surface area contributed by atoms with Crippen LogP contribution in [0, 0.1) is 5.92 Å². The molecule has 2 N–H and O–H groups in total. The lowest BCUT2D eigenvalue weighted by atomic mass is 9.92. The number of hydrogen-bond donors (Lipinski definition) is 2. The molecule has 5 heteroatoms. The third kappa shape index (κ3) is 6.29. The van der Waals surface area contributed by atoms with E-state index in [1.807, 2.05) is 18.2 Å². The molecule has 1 aromatic carbocycles. The minimum Gasteiger partial charge on any atom is -0.355 e. The number of carbonyl (C=O) groups excluding carboxylic acids is 1. The zero-order chi connectivity index (χ0) is 14.4. The maximum absolute atomic E-state index is 12.2. The Hall–Kier alpha value is -0.710. The van der Waals surface area contributed by atoms with Crippen molar-refractivity contribution in [2.75, 3.05) is 13.1 Å². The molecular weight excluding hydrogens is 304 g/mol. The summed E-state index contributed by atoms with van der Waals surface area (Å²) >= 11 is 1.81. The molecule has 0 bridgehead atoms. The molecule has 3 atom stereocenters. The average Bonchev–Trinajstić information content (AvgIpc) is 2.46. The van der Waals surface area contributed by atoms with Crippen LogP contribution in [0.5, 0.6) is 0 Å². The van der Waals surface area contributed by atoms with Gasteiger partial charge < -0.3 is 10.6 Å². The Bertz CT molecular complexity index is 430. The number of nitrogens with one attached hydrogen (secondary N) is 2. The maximum atomic E-state index is 12.2. The lowest BCUT2D eigenvalue weighted by Crippen LogP contribution is -2.43. The van der Waals surface area contributed by atoms with Gasteiger partial charge in [0.05, 0.1) is 0 Å². The van der Waals surface area contributed by atoms with Crippen LogP contribution < -0.4 is 10.6 Å². The van der Waals surface area contributed by atoms with Crippen molar-refractivity contribution < 1.29 is 4.79 Å². The van der Waals surface area contributed by atoms with Crippen LogP contribution in [0.3, 0.4) is 0 Å². The highest BCUT2D eigenvalue weighted by atomic mass is 35.5. The van der Waals surface area contributed by atoms with E-state index in [1.54, 1.807) is 11.8 Å². The Labute approximate surface area is 138 Å². The molecule has 1 aromatic rings. The summed E-state index contributed by atoms with van der Waals surface area (Å²) in [5.74, 6) is 0.402. The molecule has 3 nitrogen and oxygen atoms in total. The smallest absolute Gasteiger partial charge is 0.223 e. The van der Waals surface area contributed by atoms with Gasteiger partial charge in [0.1, 0.15) is 0 Å². The normalized spacial score (nSPS) is 23.0. The number of thioether (sulfide) groups is 1. The number of amides is 1. The Morgan fingerprint density at radius 2 is 2.14 bits per heavy atom. The second kappa shape index (κ2) is 9.34. The summed E-state index contributed by atoms with van der Waals surface area (Å²) in [4.78, 5) is 13.4. The molecule has 2 rings (SSSR count). The molecule has 0 aromatic heterocycles. The summed E-state index contributed by atoms with van der Waals surface area (Å²) in [5.41, 5.74) is 0. The van der Waals surface area contributed by atoms with Gasteiger partial charge in [0, 0.05) is 28.6 Å². The first-order valence-electron chi connectivity index (χ1n) is 7.38.